The first-order valence-electron chi connectivity index (χ1n) is 8.81. The summed E-state index contributed by atoms with van der Waals surface area (Å²) in [7, 11) is 1.44. The second kappa shape index (κ2) is 8.80. The molecule has 10 heteroatoms. The molecule has 0 saturated carbocycles. The number of hydrogen-bond acceptors (Lipinski definition) is 6. The van der Waals surface area contributed by atoms with Gasteiger partial charge in [0.1, 0.15) is 35.1 Å². The van der Waals surface area contributed by atoms with Crippen molar-refractivity contribution in [1.82, 2.24) is 4.98 Å². The summed E-state index contributed by atoms with van der Waals surface area (Å²) >= 11 is 6.10. The van der Waals surface area contributed by atoms with E-state index in [2.05, 4.69) is 4.98 Å². The van der Waals surface area contributed by atoms with Crippen LogP contribution in [-0.4, -0.2) is 34.2 Å². The van der Waals surface area contributed by atoms with Gasteiger partial charge >= 0.3 is 11.9 Å². The predicted molar refractivity (Wildman–Crippen MR) is 113 cm³/mol. The van der Waals surface area contributed by atoms with E-state index in [-0.39, 0.29) is 17.7 Å². The number of ether oxygens (including phenoxy) is 2. The van der Waals surface area contributed by atoms with E-state index in [9.17, 15) is 24.6 Å². The van der Waals surface area contributed by atoms with Crippen molar-refractivity contribution < 1.29 is 29.3 Å². The smallest absolute Gasteiger partial charge is 0.342 e. The van der Waals surface area contributed by atoms with Gasteiger partial charge in [0, 0.05) is 11.1 Å². The summed E-state index contributed by atoms with van der Waals surface area (Å²) in [5.41, 5.74) is 3.69. The molecule has 31 heavy (non-hydrogen) atoms. The van der Waals surface area contributed by atoms with Gasteiger partial charge in [-0.1, -0.05) is 29.8 Å². The number of aromatic amines is 1. The van der Waals surface area contributed by atoms with Gasteiger partial charge in [0.25, 0.3) is 5.56 Å². The highest BCUT2D eigenvalue weighted by molar-refractivity contribution is 6.32. The number of nitrogen functional groups attached to an aromatic ring is 1. The van der Waals surface area contributed by atoms with Crippen molar-refractivity contribution in [2.24, 2.45) is 0 Å². The molecular weight excluding hydrogens is 428 g/mol. The molecule has 5 N–H and O–H groups in total. The zero-order valence-electron chi connectivity index (χ0n) is 16.1. The predicted octanol–water partition coefficient (Wildman–Crippen LogP) is 3.26. The summed E-state index contributed by atoms with van der Waals surface area (Å²) < 4.78 is 11.0. The Morgan fingerprint density at radius 3 is 2.35 bits per heavy atom. The van der Waals surface area contributed by atoms with E-state index in [1.165, 1.54) is 25.3 Å². The number of pyridine rings is 1. The maximum absolute atomic E-state index is 12.2. The Bertz CT molecular complexity index is 1240. The maximum atomic E-state index is 12.2. The van der Waals surface area contributed by atoms with Crippen molar-refractivity contribution in [3.8, 4) is 22.6 Å². The fraction of sp³-hybridized carbons (Fsp3) is 0.0952. The van der Waals surface area contributed by atoms with Crippen LogP contribution in [-0.2, 0) is 6.61 Å². The van der Waals surface area contributed by atoms with Gasteiger partial charge in [0.15, 0.2) is 0 Å². The number of anilines is 1. The first kappa shape index (κ1) is 21.7. The van der Waals surface area contributed by atoms with Gasteiger partial charge in [0.2, 0.25) is 0 Å². The lowest BCUT2D eigenvalue weighted by Crippen LogP contribution is -2.24. The molecule has 0 aliphatic carbocycles. The van der Waals surface area contributed by atoms with Crippen LogP contribution < -0.4 is 20.8 Å². The van der Waals surface area contributed by atoms with Crippen LogP contribution in [0.2, 0.25) is 5.02 Å². The van der Waals surface area contributed by atoms with Crippen molar-refractivity contribution in [2.45, 2.75) is 6.61 Å². The highest BCUT2D eigenvalue weighted by Gasteiger charge is 2.27. The quantitative estimate of drug-likeness (QED) is 0.433. The van der Waals surface area contributed by atoms with Crippen LogP contribution >= 0.6 is 11.6 Å². The molecule has 0 radical (unpaired) electrons. The van der Waals surface area contributed by atoms with Crippen molar-refractivity contribution in [3.63, 3.8) is 0 Å². The van der Waals surface area contributed by atoms with Crippen LogP contribution in [0.25, 0.3) is 11.1 Å². The molecule has 1 heterocycles. The SMILES string of the molecule is COc1ccc(-c2c(C(=O)O)c(N)[nH]c(=O)c2C(=O)O)cc1COc1ccccc1Cl. The highest BCUT2D eigenvalue weighted by atomic mass is 35.5. The molecule has 9 nitrogen and oxygen atoms in total. The maximum Gasteiger partial charge on any atom is 0.342 e. The molecule has 2 aromatic carbocycles. The number of rotatable bonds is 7. The number of aromatic carboxylic acids is 2. The Labute approximate surface area is 180 Å². The number of aromatic nitrogens is 1. The molecule has 0 atom stereocenters. The standard InChI is InChI=1S/C21H17ClN2O7/c1-30-13-7-6-10(8-11(13)9-31-14-5-3-2-4-12(14)22)15-16(20(26)27)18(23)24-19(25)17(15)21(28)29/h2-8H,9H2,1H3,(H,26,27)(H,28,29)(H3,23,24,25). The number of hydrogen-bond donors (Lipinski definition) is 4. The van der Waals surface area contributed by atoms with Gasteiger partial charge in [-0.15, -0.1) is 0 Å². The number of nitrogens with one attached hydrogen (secondary N) is 1. The Kier molecular flexibility index (Phi) is 6.17. The van der Waals surface area contributed by atoms with E-state index in [4.69, 9.17) is 26.8 Å². The molecule has 1 aromatic heterocycles. The van der Waals surface area contributed by atoms with E-state index < -0.39 is 34.4 Å². The number of carboxylic acids is 2. The lowest BCUT2D eigenvalue weighted by molar-refractivity contribution is 0.0695. The third-order valence-corrected chi connectivity index (χ3v) is 4.77. The van der Waals surface area contributed by atoms with E-state index in [0.29, 0.717) is 22.1 Å². The number of carboxylic acid groups (broad SMARTS) is 2. The molecule has 0 fully saturated rings. The van der Waals surface area contributed by atoms with E-state index in [1.807, 2.05) is 0 Å². The van der Waals surface area contributed by atoms with Gasteiger partial charge in [-0.2, -0.15) is 0 Å². The third-order valence-electron chi connectivity index (χ3n) is 4.46. The number of carbonyl (C=O) groups is 2. The lowest BCUT2D eigenvalue weighted by Gasteiger charge is -2.16. The molecule has 0 unspecified atom stereocenters. The van der Waals surface area contributed by atoms with Gasteiger partial charge in [-0.3, -0.25) is 4.79 Å². The minimum atomic E-state index is -1.59. The minimum absolute atomic E-state index is 0.0236. The summed E-state index contributed by atoms with van der Waals surface area (Å²) in [5.74, 6) is -2.72. The van der Waals surface area contributed by atoms with Crippen LogP contribution in [0.4, 0.5) is 5.82 Å². The fourth-order valence-electron chi connectivity index (χ4n) is 3.10. The summed E-state index contributed by atoms with van der Waals surface area (Å²) in [5, 5.41) is 19.5. The fourth-order valence-corrected chi connectivity index (χ4v) is 3.29. The zero-order valence-corrected chi connectivity index (χ0v) is 16.9. The highest BCUT2D eigenvalue weighted by Crippen LogP contribution is 2.33. The molecule has 0 amide bonds. The first-order valence-corrected chi connectivity index (χ1v) is 9.19. The van der Waals surface area contributed by atoms with Crippen molar-refractivity contribution in [2.75, 3.05) is 12.8 Å². The number of H-pyrrole nitrogens is 1. The van der Waals surface area contributed by atoms with E-state index in [1.54, 1.807) is 24.3 Å². The second-order valence-electron chi connectivity index (χ2n) is 6.35. The summed E-state index contributed by atoms with van der Waals surface area (Å²) in [4.78, 5) is 37.8. The average molecular weight is 445 g/mol. The molecule has 3 rings (SSSR count). The van der Waals surface area contributed by atoms with Crippen molar-refractivity contribution in [3.05, 3.63) is 74.5 Å². The Hall–Kier alpha value is -3.98. The molecule has 3 aromatic rings. The lowest BCUT2D eigenvalue weighted by atomic mass is 9.94. The van der Waals surface area contributed by atoms with Gasteiger partial charge in [-0.05, 0) is 29.8 Å². The van der Waals surface area contributed by atoms with E-state index in [0.717, 1.165) is 0 Å². The molecule has 0 aliphatic rings. The molecular formula is C21H17ClN2O7. The number of nitrogens with two attached hydrogens (primary N) is 1. The largest absolute Gasteiger partial charge is 0.496 e. The Morgan fingerprint density at radius 2 is 1.74 bits per heavy atom. The number of benzene rings is 2. The van der Waals surface area contributed by atoms with Gasteiger partial charge in [-0.25, -0.2) is 9.59 Å². The molecule has 0 saturated heterocycles. The molecule has 160 valence electrons. The van der Waals surface area contributed by atoms with Crippen LogP contribution in [0.3, 0.4) is 0 Å². The Morgan fingerprint density at radius 1 is 1.06 bits per heavy atom. The third kappa shape index (κ3) is 4.31. The zero-order chi connectivity index (χ0) is 22.7. The second-order valence-corrected chi connectivity index (χ2v) is 6.76. The monoisotopic (exact) mass is 444 g/mol. The molecule has 0 bridgehead atoms. The first-order chi connectivity index (χ1) is 14.7. The molecule has 0 spiro atoms. The average Bonchev–Trinajstić information content (AvgIpc) is 2.71. The van der Waals surface area contributed by atoms with E-state index >= 15 is 0 Å². The normalized spacial score (nSPS) is 10.5. The summed E-state index contributed by atoms with van der Waals surface area (Å²) in [6, 6.07) is 11.2. The Balaban J connectivity index is 2.17. The van der Waals surface area contributed by atoms with Gasteiger partial charge in [0.05, 0.1) is 12.1 Å². The molecule has 0 aliphatic heterocycles. The number of methoxy groups -OCH3 is 1. The summed E-state index contributed by atoms with van der Waals surface area (Å²) in [6.45, 7) is -0.0236. The van der Waals surface area contributed by atoms with Crippen LogP contribution in [0.15, 0.2) is 47.3 Å². The van der Waals surface area contributed by atoms with Crippen LogP contribution in [0, 0.1) is 0 Å². The summed E-state index contributed by atoms with van der Waals surface area (Å²) in [6.07, 6.45) is 0. The van der Waals surface area contributed by atoms with Crippen LogP contribution in [0.5, 0.6) is 11.5 Å². The van der Waals surface area contributed by atoms with Crippen LogP contribution in [0.1, 0.15) is 26.3 Å². The van der Waals surface area contributed by atoms with Gasteiger partial charge < -0.3 is 30.4 Å². The van der Waals surface area contributed by atoms with Crippen molar-refractivity contribution in [1.29, 1.82) is 0 Å². The van der Waals surface area contributed by atoms with Crippen molar-refractivity contribution >= 4 is 29.4 Å². The number of para-hydroxylation sites is 1. The minimum Gasteiger partial charge on any atom is -0.496 e. The topological polar surface area (TPSA) is 152 Å². The number of halogens is 1.